The van der Waals surface area contributed by atoms with Crippen molar-refractivity contribution in [2.75, 3.05) is 12.0 Å². The Bertz CT molecular complexity index is 1480. The Hall–Kier alpha value is -2.75. The van der Waals surface area contributed by atoms with Gasteiger partial charge in [0.2, 0.25) is 0 Å². The molecule has 0 spiro atoms. The summed E-state index contributed by atoms with van der Waals surface area (Å²) in [5.41, 5.74) is 1.10. The number of urea groups is 1. The normalized spacial score (nSPS) is 14.7. The van der Waals surface area contributed by atoms with E-state index in [0.29, 0.717) is 31.6 Å². The third-order valence-corrected chi connectivity index (χ3v) is 7.26. The highest BCUT2D eigenvalue weighted by atomic mass is 79.9. The topological polar surface area (TPSA) is 84.9 Å². The van der Waals surface area contributed by atoms with E-state index in [4.69, 9.17) is 55.9 Å². The van der Waals surface area contributed by atoms with Gasteiger partial charge in [0, 0.05) is 0 Å². The molecule has 0 saturated carbocycles. The maximum Gasteiger partial charge on any atom is 0.335 e. The van der Waals surface area contributed by atoms with E-state index in [1.54, 1.807) is 30.3 Å². The van der Waals surface area contributed by atoms with Crippen LogP contribution in [-0.4, -0.2) is 25.0 Å². The molecular formula is C25H15BrCl4N2O5. The SMILES string of the molecule is COc1cc(/C=C2\C(=O)NC(=O)N(c3ccc(Cl)c(Cl)c3)C2=O)cc(Br)c1OCc1ccc(Cl)c(Cl)c1. The quantitative estimate of drug-likeness (QED) is 0.225. The van der Waals surface area contributed by atoms with Crippen LogP contribution in [0.5, 0.6) is 11.5 Å². The fourth-order valence-electron chi connectivity index (χ4n) is 3.43. The number of methoxy groups -OCH3 is 1. The van der Waals surface area contributed by atoms with Gasteiger partial charge in [-0.05, 0) is 75.6 Å². The van der Waals surface area contributed by atoms with Gasteiger partial charge in [-0.1, -0.05) is 52.5 Å². The number of nitrogens with one attached hydrogen (secondary N) is 1. The lowest BCUT2D eigenvalue weighted by atomic mass is 10.1. The van der Waals surface area contributed by atoms with Crippen molar-refractivity contribution in [3.8, 4) is 11.5 Å². The maximum atomic E-state index is 13.2. The van der Waals surface area contributed by atoms with Gasteiger partial charge in [-0.25, -0.2) is 9.69 Å². The van der Waals surface area contributed by atoms with E-state index in [1.807, 2.05) is 0 Å². The zero-order chi connectivity index (χ0) is 26.9. The van der Waals surface area contributed by atoms with Crippen molar-refractivity contribution in [2.45, 2.75) is 6.61 Å². The van der Waals surface area contributed by atoms with E-state index in [9.17, 15) is 14.4 Å². The highest BCUT2D eigenvalue weighted by Crippen LogP contribution is 2.38. The van der Waals surface area contributed by atoms with Crippen molar-refractivity contribution in [3.63, 3.8) is 0 Å². The lowest BCUT2D eigenvalue weighted by molar-refractivity contribution is -0.122. The molecule has 0 radical (unpaired) electrons. The Kier molecular flexibility index (Phi) is 8.36. The number of amides is 4. The summed E-state index contributed by atoms with van der Waals surface area (Å²) in [4.78, 5) is 39.0. The molecule has 0 aliphatic carbocycles. The van der Waals surface area contributed by atoms with E-state index in [2.05, 4.69) is 21.2 Å². The van der Waals surface area contributed by atoms with Gasteiger partial charge >= 0.3 is 6.03 Å². The molecule has 3 aromatic rings. The minimum atomic E-state index is -0.907. The summed E-state index contributed by atoms with van der Waals surface area (Å²) in [5.74, 6) is -0.950. The lowest BCUT2D eigenvalue weighted by Crippen LogP contribution is -2.54. The fourth-order valence-corrected chi connectivity index (χ4v) is 4.62. The van der Waals surface area contributed by atoms with Gasteiger partial charge in [-0.15, -0.1) is 0 Å². The smallest absolute Gasteiger partial charge is 0.335 e. The van der Waals surface area contributed by atoms with Gasteiger partial charge in [0.25, 0.3) is 11.8 Å². The third-order valence-electron chi connectivity index (χ3n) is 5.19. The number of imide groups is 2. The molecule has 0 atom stereocenters. The second kappa shape index (κ2) is 11.3. The third kappa shape index (κ3) is 5.89. The van der Waals surface area contributed by atoms with Gasteiger partial charge in [0.05, 0.1) is 37.4 Å². The van der Waals surface area contributed by atoms with Crippen LogP contribution in [-0.2, 0) is 16.2 Å². The van der Waals surface area contributed by atoms with Crippen LogP contribution in [0.4, 0.5) is 10.5 Å². The Morgan fingerprint density at radius 1 is 0.919 bits per heavy atom. The van der Waals surface area contributed by atoms with Gasteiger partial charge in [-0.3, -0.25) is 14.9 Å². The summed E-state index contributed by atoms with van der Waals surface area (Å²) in [7, 11) is 1.45. The minimum absolute atomic E-state index is 0.146. The monoisotopic (exact) mass is 642 g/mol. The fraction of sp³-hybridized carbons (Fsp3) is 0.0800. The number of hydrogen-bond acceptors (Lipinski definition) is 5. The molecule has 1 saturated heterocycles. The molecule has 0 unspecified atom stereocenters. The molecule has 4 amide bonds. The van der Waals surface area contributed by atoms with Crippen LogP contribution < -0.4 is 19.7 Å². The Labute approximate surface area is 240 Å². The molecule has 0 bridgehead atoms. The summed E-state index contributed by atoms with van der Waals surface area (Å²) >= 11 is 27.5. The van der Waals surface area contributed by atoms with Crippen LogP contribution in [0.1, 0.15) is 11.1 Å². The molecule has 1 N–H and O–H groups in total. The standard InChI is InChI=1S/C25H15BrCl4N2O5/c1-36-21-9-13(7-16(26)22(21)37-11-12-2-4-17(27)19(29)8-12)6-15-23(33)31-25(35)32(24(15)34)14-3-5-18(28)20(30)10-14/h2-10H,11H2,1H3,(H,31,33,35)/b15-6+. The van der Waals surface area contributed by atoms with Crippen molar-refractivity contribution in [2.24, 2.45) is 0 Å². The maximum absolute atomic E-state index is 13.2. The van der Waals surface area contributed by atoms with E-state index in [1.165, 1.54) is 31.4 Å². The van der Waals surface area contributed by atoms with Crippen molar-refractivity contribution in [1.29, 1.82) is 0 Å². The molecule has 3 aromatic carbocycles. The van der Waals surface area contributed by atoms with Crippen LogP contribution in [0.15, 0.2) is 58.6 Å². The largest absolute Gasteiger partial charge is 0.493 e. The van der Waals surface area contributed by atoms with Crippen LogP contribution in [0.2, 0.25) is 20.1 Å². The van der Waals surface area contributed by atoms with Gasteiger partial charge < -0.3 is 9.47 Å². The number of halogens is 5. The predicted octanol–water partition coefficient (Wildman–Crippen LogP) is 7.32. The second-order valence-corrected chi connectivity index (χ2v) is 10.1. The lowest BCUT2D eigenvalue weighted by Gasteiger charge is -2.26. The van der Waals surface area contributed by atoms with E-state index >= 15 is 0 Å². The highest BCUT2D eigenvalue weighted by molar-refractivity contribution is 9.10. The van der Waals surface area contributed by atoms with Crippen molar-refractivity contribution in [3.05, 3.63) is 89.8 Å². The Morgan fingerprint density at radius 3 is 2.24 bits per heavy atom. The number of carbonyl (C=O) groups is 3. The average molecular weight is 645 g/mol. The molecule has 7 nitrogen and oxygen atoms in total. The first-order valence-electron chi connectivity index (χ1n) is 10.4. The number of rotatable bonds is 6. The van der Waals surface area contributed by atoms with E-state index in [0.717, 1.165) is 10.5 Å². The second-order valence-electron chi connectivity index (χ2n) is 7.63. The molecular weight excluding hydrogens is 630 g/mol. The number of ether oxygens (including phenoxy) is 2. The van der Waals surface area contributed by atoms with Crippen LogP contribution in [0.25, 0.3) is 6.08 Å². The van der Waals surface area contributed by atoms with Crippen LogP contribution in [0.3, 0.4) is 0 Å². The molecule has 1 heterocycles. The first-order valence-corrected chi connectivity index (χ1v) is 12.7. The number of anilines is 1. The van der Waals surface area contributed by atoms with Crippen molar-refractivity contribution < 1.29 is 23.9 Å². The summed E-state index contributed by atoms with van der Waals surface area (Å²) in [6.45, 7) is 0.175. The Balaban J connectivity index is 1.64. The highest BCUT2D eigenvalue weighted by Gasteiger charge is 2.37. The number of nitrogens with zero attached hydrogens (tertiary/aromatic N) is 1. The van der Waals surface area contributed by atoms with Crippen LogP contribution >= 0.6 is 62.3 Å². The molecule has 1 aliphatic heterocycles. The first kappa shape index (κ1) is 27.3. The number of benzene rings is 3. The van der Waals surface area contributed by atoms with E-state index < -0.39 is 17.8 Å². The summed E-state index contributed by atoms with van der Waals surface area (Å²) in [5, 5.41) is 3.39. The number of hydrogen-bond donors (Lipinski definition) is 1. The van der Waals surface area contributed by atoms with Crippen LogP contribution in [0, 0.1) is 0 Å². The molecule has 0 aromatic heterocycles. The predicted molar refractivity (Wildman–Crippen MR) is 147 cm³/mol. The molecule has 4 rings (SSSR count). The zero-order valence-electron chi connectivity index (χ0n) is 18.8. The van der Waals surface area contributed by atoms with Gasteiger partial charge in [-0.2, -0.15) is 0 Å². The minimum Gasteiger partial charge on any atom is -0.493 e. The molecule has 190 valence electrons. The number of carbonyl (C=O) groups excluding carboxylic acids is 3. The first-order chi connectivity index (χ1) is 17.6. The zero-order valence-corrected chi connectivity index (χ0v) is 23.4. The summed E-state index contributed by atoms with van der Waals surface area (Å²) in [6.07, 6.45) is 1.34. The van der Waals surface area contributed by atoms with Gasteiger partial charge in [0.1, 0.15) is 12.2 Å². The van der Waals surface area contributed by atoms with Crippen molar-refractivity contribution >= 4 is 91.9 Å². The Morgan fingerprint density at radius 2 is 1.59 bits per heavy atom. The summed E-state index contributed by atoms with van der Waals surface area (Å²) < 4.78 is 11.9. The van der Waals surface area contributed by atoms with Gasteiger partial charge in [0.15, 0.2) is 11.5 Å². The molecule has 1 aliphatic rings. The molecule has 37 heavy (non-hydrogen) atoms. The average Bonchev–Trinajstić information content (AvgIpc) is 2.85. The van der Waals surface area contributed by atoms with E-state index in [-0.39, 0.29) is 27.9 Å². The van der Waals surface area contributed by atoms with Crippen molar-refractivity contribution in [1.82, 2.24) is 5.32 Å². The number of barbiturate groups is 1. The summed E-state index contributed by atoms with van der Waals surface area (Å²) in [6, 6.07) is 11.7. The molecule has 12 heteroatoms. The molecule has 1 fully saturated rings.